The predicted octanol–water partition coefficient (Wildman–Crippen LogP) is 3.68. The van der Waals surface area contributed by atoms with Gasteiger partial charge in [0.2, 0.25) is 5.91 Å². The maximum atomic E-state index is 12.3. The van der Waals surface area contributed by atoms with Crippen LogP contribution in [-0.4, -0.2) is 32.5 Å². The van der Waals surface area contributed by atoms with Crippen molar-refractivity contribution in [3.05, 3.63) is 41.7 Å². The van der Waals surface area contributed by atoms with E-state index in [1.165, 1.54) is 36.6 Å². The molecular weight excluding hydrogens is 344 g/mol. The highest BCUT2D eigenvalue weighted by molar-refractivity contribution is 7.99. The summed E-state index contributed by atoms with van der Waals surface area (Å²) in [4.78, 5) is 12.3. The second-order valence-corrected chi connectivity index (χ2v) is 7.97. The summed E-state index contributed by atoms with van der Waals surface area (Å²) < 4.78 is 2.11. The third kappa shape index (κ3) is 4.87. The summed E-state index contributed by atoms with van der Waals surface area (Å²) in [6, 6.07) is 10.6. The first-order valence-corrected chi connectivity index (χ1v) is 10.5. The number of aromatic nitrogens is 3. The Morgan fingerprint density at radius 3 is 2.73 bits per heavy atom. The van der Waals surface area contributed by atoms with Crippen molar-refractivity contribution in [2.24, 2.45) is 5.92 Å². The lowest BCUT2D eigenvalue weighted by Crippen LogP contribution is -2.41. The van der Waals surface area contributed by atoms with E-state index in [4.69, 9.17) is 0 Å². The molecule has 1 aliphatic carbocycles. The molecule has 0 spiro atoms. The fraction of sp³-hybridized carbons (Fsp3) is 0.550. The summed E-state index contributed by atoms with van der Waals surface area (Å²) in [6.07, 6.45) is 5.57. The summed E-state index contributed by atoms with van der Waals surface area (Å²) in [7, 11) is 0. The monoisotopic (exact) mass is 372 g/mol. The largest absolute Gasteiger partial charge is 0.352 e. The van der Waals surface area contributed by atoms with Gasteiger partial charge in [0.25, 0.3) is 0 Å². The molecule has 5 nitrogen and oxygen atoms in total. The van der Waals surface area contributed by atoms with Crippen LogP contribution >= 0.6 is 11.8 Å². The van der Waals surface area contributed by atoms with Gasteiger partial charge in [-0.25, -0.2) is 0 Å². The van der Waals surface area contributed by atoms with E-state index in [9.17, 15) is 4.79 Å². The van der Waals surface area contributed by atoms with Crippen molar-refractivity contribution in [3.8, 4) is 0 Å². The Balaban J connectivity index is 1.57. The number of hydrogen-bond donors (Lipinski definition) is 1. The zero-order valence-electron chi connectivity index (χ0n) is 15.6. The van der Waals surface area contributed by atoms with E-state index in [1.807, 2.05) is 18.2 Å². The van der Waals surface area contributed by atoms with Crippen LogP contribution in [0.2, 0.25) is 0 Å². The third-order valence-electron chi connectivity index (χ3n) is 5.10. The zero-order valence-corrected chi connectivity index (χ0v) is 16.5. The average molecular weight is 373 g/mol. The highest BCUT2D eigenvalue weighted by atomic mass is 32.2. The number of amides is 1. The van der Waals surface area contributed by atoms with E-state index in [0.29, 0.717) is 17.7 Å². The minimum atomic E-state index is 0.101. The van der Waals surface area contributed by atoms with Gasteiger partial charge in [-0.05, 0) is 31.2 Å². The normalized spacial score (nSPS) is 20.1. The van der Waals surface area contributed by atoms with Gasteiger partial charge in [-0.3, -0.25) is 4.79 Å². The highest BCUT2D eigenvalue weighted by Gasteiger charge is 2.23. The quantitative estimate of drug-likeness (QED) is 0.753. The topological polar surface area (TPSA) is 59.8 Å². The molecule has 1 aliphatic rings. The number of nitrogens with one attached hydrogen (secondary N) is 1. The fourth-order valence-electron chi connectivity index (χ4n) is 3.56. The van der Waals surface area contributed by atoms with Crippen LogP contribution in [0.3, 0.4) is 0 Å². The SMILES string of the molecule is CCn1c(Cc2ccccc2)nnc1SCC(=O)N[C@@H]1CCCC[C@H]1C. The summed E-state index contributed by atoms with van der Waals surface area (Å²) in [5, 5.41) is 12.7. The van der Waals surface area contributed by atoms with Crippen molar-refractivity contribution in [1.82, 2.24) is 20.1 Å². The van der Waals surface area contributed by atoms with E-state index in [-0.39, 0.29) is 5.91 Å². The van der Waals surface area contributed by atoms with E-state index in [2.05, 4.69) is 46.1 Å². The lowest BCUT2D eigenvalue weighted by Gasteiger charge is -2.29. The molecule has 1 amide bonds. The zero-order chi connectivity index (χ0) is 18.4. The van der Waals surface area contributed by atoms with Crippen LogP contribution < -0.4 is 5.32 Å². The minimum absolute atomic E-state index is 0.101. The predicted molar refractivity (Wildman–Crippen MR) is 105 cm³/mol. The summed E-state index contributed by atoms with van der Waals surface area (Å²) in [5.41, 5.74) is 1.22. The highest BCUT2D eigenvalue weighted by Crippen LogP contribution is 2.24. The van der Waals surface area contributed by atoms with Crippen molar-refractivity contribution in [2.45, 2.75) is 63.7 Å². The summed E-state index contributed by atoms with van der Waals surface area (Å²) in [5.74, 6) is 2.02. The number of carbonyl (C=O) groups excluding carboxylic acids is 1. The van der Waals surface area contributed by atoms with Gasteiger partial charge >= 0.3 is 0 Å². The van der Waals surface area contributed by atoms with Gasteiger partial charge in [0.1, 0.15) is 5.82 Å². The second-order valence-electron chi connectivity index (χ2n) is 7.03. The molecular formula is C20H28N4OS. The first-order valence-electron chi connectivity index (χ1n) is 9.55. The minimum Gasteiger partial charge on any atom is -0.352 e. The summed E-state index contributed by atoms with van der Waals surface area (Å²) >= 11 is 1.48. The van der Waals surface area contributed by atoms with Crippen LogP contribution in [-0.2, 0) is 17.8 Å². The number of thioether (sulfide) groups is 1. The Morgan fingerprint density at radius 1 is 1.23 bits per heavy atom. The number of rotatable bonds is 7. The van der Waals surface area contributed by atoms with Crippen LogP contribution in [0, 0.1) is 5.92 Å². The first-order chi connectivity index (χ1) is 12.7. The molecule has 1 saturated carbocycles. The molecule has 1 heterocycles. The van der Waals surface area contributed by atoms with E-state index >= 15 is 0 Å². The number of nitrogens with zero attached hydrogens (tertiary/aromatic N) is 3. The molecule has 0 bridgehead atoms. The average Bonchev–Trinajstić information content (AvgIpc) is 3.04. The maximum Gasteiger partial charge on any atom is 0.230 e. The number of hydrogen-bond acceptors (Lipinski definition) is 4. The molecule has 1 N–H and O–H groups in total. The van der Waals surface area contributed by atoms with Crippen LogP contribution in [0.5, 0.6) is 0 Å². The molecule has 2 atom stereocenters. The molecule has 26 heavy (non-hydrogen) atoms. The van der Waals surface area contributed by atoms with E-state index in [1.54, 1.807) is 0 Å². The fourth-order valence-corrected chi connectivity index (χ4v) is 4.39. The number of benzene rings is 1. The van der Waals surface area contributed by atoms with Crippen LogP contribution in [0.25, 0.3) is 0 Å². The smallest absolute Gasteiger partial charge is 0.230 e. The van der Waals surface area contributed by atoms with Gasteiger partial charge in [-0.1, -0.05) is 61.9 Å². The Labute approximate surface area is 160 Å². The Hall–Kier alpha value is -1.82. The molecule has 1 fully saturated rings. The molecule has 1 aromatic heterocycles. The van der Waals surface area contributed by atoms with Crippen molar-refractivity contribution in [3.63, 3.8) is 0 Å². The van der Waals surface area contributed by atoms with Crippen LogP contribution in [0.1, 0.15) is 50.9 Å². The maximum absolute atomic E-state index is 12.3. The summed E-state index contributed by atoms with van der Waals surface area (Å²) in [6.45, 7) is 5.13. The molecule has 3 rings (SSSR count). The molecule has 0 unspecified atom stereocenters. The van der Waals surface area contributed by atoms with E-state index in [0.717, 1.165) is 30.4 Å². The molecule has 6 heteroatoms. The van der Waals surface area contributed by atoms with Crippen molar-refractivity contribution < 1.29 is 4.79 Å². The van der Waals surface area contributed by atoms with Crippen molar-refractivity contribution in [2.75, 3.05) is 5.75 Å². The molecule has 2 aromatic rings. The Kier molecular flexibility index (Phi) is 6.72. The molecule has 0 saturated heterocycles. The molecule has 0 aliphatic heterocycles. The Bertz CT molecular complexity index is 716. The van der Waals surface area contributed by atoms with Gasteiger partial charge in [0, 0.05) is 19.0 Å². The van der Waals surface area contributed by atoms with Gasteiger partial charge in [-0.2, -0.15) is 0 Å². The lowest BCUT2D eigenvalue weighted by atomic mass is 9.86. The molecule has 140 valence electrons. The van der Waals surface area contributed by atoms with Crippen molar-refractivity contribution in [1.29, 1.82) is 0 Å². The molecule has 1 aromatic carbocycles. The van der Waals surface area contributed by atoms with Gasteiger partial charge in [0.05, 0.1) is 5.75 Å². The van der Waals surface area contributed by atoms with E-state index < -0.39 is 0 Å². The van der Waals surface area contributed by atoms with Gasteiger partial charge in [-0.15, -0.1) is 10.2 Å². The van der Waals surface area contributed by atoms with Crippen LogP contribution in [0.4, 0.5) is 0 Å². The molecule has 0 radical (unpaired) electrons. The second kappa shape index (κ2) is 9.21. The van der Waals surface area contributed by atoms with Crippen LogP contribution in [0.15, 0.2) is 35.5 Å². The van der Waals surface area contributed by atoms with Gasteiger partial charge < -0.3 is 9.88 Å². The Morgan fingerprint density at radius 2 is 2.00 bits per heavy atom. The standard InChI is InChI=1S/C20H28N4OS/c1-3-24-18(13-16-10-5-4-6-11-16)22-23-20(24)26-14-19(25)21-17-12-8-7-9-15(17)2/h4-6,10-11,15,17H,3,7-9,12-14H2,1-2H3,(H,21,25)/t15-,17-/m1/s1. The number of carbonyl (C=O) groups is 1. The lowest BCUT2D eigenvalue weighted by molar-refractivity contribution is -0.119. The van der Waals surface area contributed by atoms with Crippen molar-refractivity contribution >= 4 is 17.7 Å². The van der Waals surface area contributed by atoms with Gasteiger partial charge in [0.15, 0.2) is 5.16 Å². The third-order valence-corrected chi connectivity index (χ3v) is 6.07. The first kappa shape index (κ1) is 19.0.